The highest BCUT2D eigenvalue weighted by Gasteiger charge is 2.49. The summed E-state index contributed by atoms with van der Waals surface area (Å²) < 4.78 is 0. The zero-order valence-electron chi connectivity index (χ0n) is 75.0. The van der Waals surface area contributed by atoms with E-state index in [1.165, 1.54) is 140 Å². The normalized spacial score (nSPS) is 31.5. The first kappa shape index (κ1) is 97.1. The zero-order chi connectivity index (χ0) is 75.0. The minimum atomic E-state index is 0.437. The zero-order valence-corrected chi connectivity index (χ0v) is 75.0. The van der Waals surface area contributed by atoms with Crippen LogP contribution in [-0.4, -0.2) is 0 Å². The molecule has 11 aliphatic carbocycles. The quantitative estimate of drug-likeness (QED) is 0.216. The van der Waals surface area contributed by atoms with Crippen molar-refractivity contribution in [2.45, 2.75) is 438 Å². The summed E-state index contributed by atoms with van der Waals surface area (Å²) in [5.41, 5.74) is 4.85. The molecule has 9 unspecified atom stereocenters. The molecule has 0 heterocycles. The molecule has 10 atom stereocenters. The molecular formula is C95H194. The number of hydrogen-bond donors (Lipinski definition) is 0. The second kappa shape index (κ2) is 43.3. The Morgan fingerprint density at radius 1 is 0.400 bits per heavy atom. The highest BCUT2D eigenvalue weighted by Crippen LogP contribution is 2.61. The minimum absolute atomic E-state index is 0.437. The van der Waals surface area contributed by atoms with E-state index in [0.29, 0.717) is 37.9 Å². The highest BCUT2D eigenvalue weighted by molar-refractivity contribution is 5.00. The van der Waals surface area contributed by atoms with E-state index in [9.17, 15) is 0 Å². The molecule has 11 fully saturated rings. The molecule has 0 bridgehead atoms. The Balaban J connectivity index is 0. The van der Waals surface area contributed by atoms with Gasteiger partial charge in [-0.1, -0.05) is 323 Å². The molecule has 0 spiro atoms. The van der Waals surface area contributed by atoms with E-state index < -0.39 is 0 Å². The van der Waals surface area contributed by atoms with Gasteiger partial charge in [-0.2, -0.15) is 0 Å². The summed E-state index contributed by atoms with van der Waals surface area (Å²) in [5, 5.41) is 0. The minimum Gasteiger partial charge on any atom is -0.0651 e. The lowest BCUT2D eigenvalue weighted by Crippen LogP contribution is -2.31. The Kier molecular flexibility index (Phi) is 44.3. The smallest absolute Gasteiger partial charge is 0.0297 e. The van der Waals surface area contributed by atoms with Crippen molar-refractivity contribution in [2.75, 3.05) is 0 Å². The van der Waals surface area contributed by atoms with E-state index in [1.54, 1.807) is 19.3 Å². The SMILES string of the molecule is CC(C)(C)C(C)(C)C.CC(C)C(C)C(C)C.CC1(C2CC2)CC1.CC1CC(C)(C)C1.CC1CC(C)(C)C1.CC1CC(C)C1C.CC1CC(C)C1C.CC1CCC1(C)C.CCC(C)(C)C(C)C.CCC(C)C(C)(C)C.CCC1CC(C)C1.CCC1CCC1C.C[C@H]1CC1C1CC1. The molecule has 0 aromatic carbocycles. The van der Waals surface area contributed by atoms with Crippen LogP contribution in [0.4, 0.5) is 0 Å². The Labute approximate surface area is 608 Å². The summed E-state index contributed by atoms with van der Waals surface area (Å²) in [6.45, 7) is 97.1. The highest BCUT2D eigenvalue weighted by atomic mass is 14.5. The van der Waals surface area contributed by atoms with Crippen LogP contribution in [0.3, 0.4) is 0 Å². The van der Waals surface area contributed by atoms with Crippen molar-refractivity contribution >= 4 is 0 Å². The Bertz CT molecular complexity index is 1770. The molecule has 0 saturated heterocycles. The summed E-state index contributed by atoms with van der Waals surface area (Å²) in [4.78, 5) is 0. The molecule has 95 heavy (non-hydrogen) atoms. The second-order valence-electron chi connectivity index (χ2n) is 44.1. The molecule has 0 aromatic heterocycles. The second-order valence-corrected chi connectivity index (χ2v) is 44.1. The van der Waals surface area contributed by atoms with Gasteiger partial charge in [0.1, 0.15) is 0 Å². The molecule has 11 saturated carbocycles. The number of rotatable bonds is 9. The van der Waals surface area contributed by atoms with E-state index in [4.69, 9.17) is 0 Å². The van der Waals surface area contributed by atoms with Crippen LogP contribution in [0.15, 0.2) is 0 Å². The first-order chi connectivity index (χ1) is 42.9. The lowest BCUT2D eigenvalue weighted by atomic mass is 9.64. The molecule has 0 aromatic rings. The summed E-state index contributed by atoms with van der Waals surface area (Å²) in [6, 6.07) is 0. The first-order valence-electron chi connectivity index (χ1n) is 42.9. The molecule has 574 valence electrons. The van der Waals surface area contributed by atoms with Gasteiger partial charge in [-0.15, -0.1) is 0 Å². The summed E-state index contributed by atoms with van der Waals surface area (Å²) in [7, 11) is 0. The van der Waals surface area contributed by atoms with Gasteiger partial charge in [0, 0.05) is 0 Å². The lowest BCUT2D eigenvalue weighted by Gasteiger charge is -2.42. The van der Waals surface area contributed by atoms with Gasteiger partial charge in [0.2, 0.25) is 0 Å². The van der Waals surface area contributed by atoms with Crippen molar-refractivity contribution in [3.63, 3.8) is 0 Å². The van der Waals surface area contributed by atoms with E-state index >= 15 is 0 Å². The van der Waals surface area contributed by atoms with E-state index in [2.05, 4.69) is 291 Å². The van der Waals surface area contributed by atoms with E-state index in [1.807, 2.05) is 0 Å². The topological polar surface area (TPSA) is 0 Å². The lowest BCUT2D eigenvalue weighted by molar-refractivity contribution is 0.0892. The van der Waals surface area contributed by atoms with Crippen molar-refractivity contribution in [2.24, 2.45) is 174 Å². The van der Waals surface area contributed by atoms with Gasteiger partial charge in [0.15, 0.2) is 0 Å². The molecule has 11 rings (SSSR count). The predicted octanol–water partition coefficient (Wildman–Crippen LogP) is 33.2. The fraction of sp³-hybridized carbons (Fsp3) is 1.00. The van der Waals surface area contributed by atoms with Crippen LogP contribution in [0.5, 0.6) is 0 Å². The Hall–Kier alpha value is 0. The molecule has 11 aliphatic rings. The maximum atomic E-state index is 2.44. The fourth-order valence-electron chi connectivity index (χ4n) is 14.9. The third kappa shape index (κ3) is 41.8. The summed E-state index contributed by atoms with van der Waals surface area (Å²) >= 11 is 0. The maximum absolute atomic E-state index is 2.44. The Morgan fingerprint density at radius 2 is 0.768 bits per heavy atom. The molecule has 0 heteroatoms. The average molecular weight is 1340 g/mol. The van der Waals surface area contributed by atoms with Crippen LogP contribution in [-0.2, 0) is 0 Å². The van der Waals surface area contributed by atoms with Crippen LogP contribution in [0.2, 0.25) is 0 Å². The summed E-state index contributed by atoms with van der Waals surface area (Å²) in [6.07, 6.45) is 33.7. The van der Waals surface area contributed by atoms with Crippen molar-refractivity contribution in [3.05, 3.63) is 0 Å². The van der Waals surface area contributed by atoms with Gasteiger partial charge in [0.05, 0.1) is 0 Å². The molecule has 0 aliphatic heterocycles. The molecule has 0 radical (unpaired) electrons. The van der Waals surface area contributed by atoms with Crippen molar-refractivity contribution in [3.8, 4) is 0 Å². The number of hydrogen-bond acceptors (Lipinski definition) is 0. The molecule has 0 nitrogen and oxygen atoms in total. The van der Waals surface area contributed by atoms with E-state index in [0.717, 1.165) is 124 Å². The van der Waals surface area contributed by atoms with Crippen LogP contribution in [0.25, 0.3) is 0 Å². The average Bonchev–Trinajstić information content (AvgIpc) is 1.61. The van der Waals surface area contributed by atoms with Crippen molar-refractivity contribution in [1.82, 2.24) is 0 Å². The third-order valence-electron chi connectivity index (χ3n) is 29.5. The molecule has 0 amide bonds. The van der Waals surface area contributed by atoms with Gasteiger partial charge in [0.25, 0.3) is 0 Å². The third-order valence-corrected chi connectivity index (χ3v) is 29.5. The largest absolute Gasteiger partial charge is 0.0651 e. The van der Waals surface area contributed by atoms with Gasteiger partial charge < -0.3 is 0 Å². The molecule has 0 N–H and O–H groups in total. The van der Waals surface area contributed by atoms with Crippen LogP contribution in [0, 0.1) is 174 Å². The predicted molar refractivity (Wildman–Crippen MR) is 441 cm³/mol. The van der Waals surface area contributed by atoms with Gasteiger partial charge in [-0.3, -0.25) is 0 Å². The van der Waals surface area contributed by atoms with E-state index in [-0.39, 0.29) is 0 Å². The van der Waals surface area contributed by atoms with Crippen LogP contribution in [0.1, 0.15) is 438 Å². The maximum Gasteiger partial charge on any atom is -0.0297 e. The van der Waals surface area contributed by atoms with Gasteiger partial charge >= 0.3 is 0 Å². The van der Waals surface area contributed by atoms with Crippen molar-refractivity contribution < 1.29 is 0 Å². The first-order valence-corrected chi connectivity index (χ1v) is 42.9. The standard InChI is InChI=1S/4C8H18.2C7H12.7C7H14/c1-7(2,3)8(4,5)6;1-6-7(2)8(3,4)5;1-6-8(4,5)7(2)3;1-6(2)8(5)7(3)4;1-7(4-5-7)6-2-3-6;1-5-4-7(5)6-2-3-6;2*1-6-4-7(2,3)5-6;1-6-4-5-7(6,2)3;2*1-5-4-6(2)7(5)3;1-3-7-4-6(2)5-7;1-3-7-5-4-6(7)2/h1-6H3;2*7H,6H2,1-5H3;6-8H,1-5H3;6H,2-5H2,1H3;5-7H,2-4H2,1H3;3*6H,4-5H2,1-3H3;2*5-7H,4H2,1-3H3;2*6-7H,3-5H2,1-2H3/t;;;;;5-,7?;;;;;;;/m.....0......./s1. The fourth-order valence-corrected chi connectivity index (χ4v) is 14.9. The van der Waals surface area contributed by atoms with Crippen molar-refractivity contribution in [1.29, 1.82) is 0 Å². The monoisotopic (exact) mass is 1340 g/mol. The van der Waals surface area contributed by atoms with Gasteiger partial charge in [-0.25, -0.2) is 0 Å². The van der Waals surface area contributed by atoms with Crippen LogP contribution >= 0.6 is 0 Å². The summed E-state index contributed by atoms with van der Waals surface area (Å²) in [5.74, 6) is 22.2. The molecular weight excluding hydrogens is 1140 g/mol. The Morgan fingerprint density at radius 3 is 0.800 bits per heavy atom. The van der Waals surface area contributed by atoms with Gasteiger partial charge in [-0.05, 0) is 289 Å². The van der Waals surface area contributed by atoms with Crippen LogP contribution < -0.4 is 0 Å².